The number of carbonyl (C=O) groups is 3. The van der Waals surface area contributed by atoms with Crippen LogP contribution in [-0.4, -0.2) is 87.5 Å². The molecular formula is C26H29FN6O6. The molecular weight excluding hydrogens is 511 g/mol. The molecule has 3 aliphatic heterocycles. The summed E-state index contributed by atoms with van der Waals surface area (Å²) in [5, 5.41) is 18.1. The van der Waals surface area contributed by atoms with Crippen LogP contribution >= 0.6 is 0 Å². The monoisotopic (exact) mass is 540 g/mol. The molecule has 3 amide bonds. The van der Waals surface area contributed by atoms with Gasteiger partial charge < -0.3 is 29.7 Å². The molecule has 1 aromatic heterocycles. The average Bonchev–Trinajstić information content (AvgIpc) is 3.20. The van der Waals surface area contributed by atoms with E-state index in [1.54, 1.807) is 13.0 Å². The van der Waals surface area contributed by atoms with Crippen molar-refractivity contribution >= 4 is 17.9 Å². The predicted octanol–water partition coefficient (Wildman–Crippen LogP) is 1.75. The number of aliphatic hydroxyl groups is 1. The smallest absolute Gasteiger partial charge is 0.409 e. The number of amides is 3. The summed E-state index contributed by atoms with van der Waals surface area (Å²) in [5.74, 6) is -1.90. The Hall–Kier alpha value is -4.26. The second-order valence-corrected chi connectivity index (χ2v) is 9.56. The number of rotatable bonds is 4. The summed E-state index contributed by atoms with van der Waals surface area (Å²) in [4.78, 5) is 46.3. The third-order valence-electron chi connectivity index (χ3n) is 7.51. The molecule has 0 radical (unpaired) electrons. The Morgan fingerprint density at radius 2 is 2.03 bits per heavy atom. The van der Waals surface area contributed by atoms with Crippen LogP contribution in [0.25, 0.3) is 5.69 Å². The third kappa shape index (κ3) is 4.62. The van der Waals surface area contributed by atoms with Crippen molar-refractivity contribution in [3.63, 3.8) is 0 Å². The van der Waals surface area contributed by atoms with Crippen LogP contribution in [0.3, 0.4) is 0 Å². The molecule has 0 bridgehead atoms. The molecule has 12 nitrogen and oxygen atoms in total. The first kappa shape index (κ1) is 26.4. The third-order valence-corrected chi connectivity index (χ3v) is 7.51. The lowest BCUT2D eigenvalue weighted by Gasteiger charge is -2.48. The van der Waals surface area contributed by atoms with Gasteiger partial charge in [-0.2, -0.15) is 5.10 Å². The Bertz CT molecular complexity index is 1380. The van der Waals surface area contributed by atoms with Crippen LogP contribution in [0.2, 0.25) is 0 Å². The number of hydrogen-bond donors (Lipinski definition) is 2. The fraction of sp³-hybridized carbons (Fsp3) is 0.423. The van der Waals surface area contributed by atoms with E-state index in [1.165, 1.54) is 46.1 Å². The maximum atomic E-state index is 14.1. The van der Waals surface area contributed by atoms with Gasteiger partial charge in [0.2, 0.25) is 0 Å². The van der Waals surface area contributed by atoms with Crippen LogP contribution in [0, 0.1) is 18.2 Å². The summed E-state index contributed by atoms with van der Waals surface area (Å²) in [5.41, 5.74) is 0.451. The van der Waals surface area contributed by atoms with E-state index in [9.17, 15) is 23.9 Å². The van der Waals surface area contributed by atoms with Crippen LogP contribution < -0.4 is 5.32 Å². The average molecular weight is 541 g/mol. The van der Waals surface area contributed by atoms with Crippen molar-refractivity contribution in [2.45, 2.75) is 26.3 Å². The lowest BCUT2D eigenvalue weighted by atomic mass is 9.66. The number of benzene rings is 1. The van der Waals surface area contributed by atoms with Crippen LogP contribution in [0.4, 0.5) is 9.18 Å². The largest absolute Gasteiger partial charge is 0.503 e. The molecule has 0 unspecified atom stereocenters. The number of allylic oxidation sites excluding steroid dienone is 1. The van der Waals surface area contributed by atoms with Gasteiger partial charge in [-0.1, -0.05) is 6.07 Å². The molecule has 0 aliphatic carbocycles. The number of aryl methyl sites for hydroxylation is 1. The number of likely N-dealkylation sites (tertiary alicyclic amines) is 1. The molecule has 1 saturated heterocycles. The Kier molecular flexibility index (Phi) is 7.08. The van der Waals surface area contributed by atoms with Gasteiger partial charge in [-0.3, -0.25) is 9.59 Å². The minimum Gasteiger partial charge on any atom is -0.503 e. The molecule has 1 fully saturated rings. The predicted molar refractivity (Wildman–Crippen MR) is 134 cm³/mol. The Labute approximate surface area is 223 Å². The summed E-state index contributed by atoms with van der Waals surface area (Å²) in [6.45, 7) is 2.94. The lowest BCUT2D eigenvalue weighted by Crippen LogP contribution is -2.54. The van der Waals surface area contributed by atoms with E-state index in [4.69, 9.17) is 9.47 Å². The zero-order chi connectivity index (χ0) is 27.7. The van der Waals surface area contributed by atoms with Gasteiger partial charge in [0.15, 0.2) is 5.76 Å². The number of fused-ring (bicyclic) bond motifs is 2. The number of aromatic nitrogens is 3. The summed E-state index contributed by atoms with van der Waals surface area (Å²) in [6.07, 6.45) is 3.19. The van der Waals surface area contributed by atoms with Crippen molar-refractivity contribution in [3.8, 4) is 5.69 Å². The van der Waals surface area contributed by atoms with E-state index < -0.39 is 34.9 Å². The van der Waals surface area contributed by atoms with E-state index in [-0.39, 0.29) is 57.8 Å². The van der Waals surface area contributed by atoms with Crippen molar-refractivity contribution in [1.29, 1.82) is 0 Å². The van der Waals surface area contributed by atoms with Crippen molar-refractivity contribution in [3.05, 3.63) is 64.8 Å². The number of nitrogens with zero attached hydrogens (tertiary/aromatic N) is 5. The first-order valence-corrected chi connectivity index (χ1v) is 12.6. The van der Waals surface area contributed by atoms with Gasteiger partial charge in [-0.25, -0.2) is 18.9 Å². The zero-order valence-electron chi connectivity index (χ0n) is 21.6. The number of methoxy groups -OCH3 is 1. The second-order valence-electron chi connectivity index (χ2n) is 9.56. The quantitative estimate of drug-likeness (QED) is 0.598. The fourth-order valence-electron chi connectivity index (χ4n) is 5.58. The standard InChI is InChI=1S/C26H29FN6O6/c1-16-29-15-30-33(16)19-13-18(27)4-3-17(19)14-28-23(35)21-22(34)24(36)32-10-12-39-11-5-20(32)26(21)6-8-31(9-7-26)25(37)38-2/h3-5,13,15,34H,6-12,14H2,1-2H3,(H,28,35). The molecule has 1 spiro atoms. The molecule has 2 N–H and O–H groups in total. The van der Waals surface area contributed by atoms with Crippen molar-refractivity contribution in [1.82, 2.24) is 29.9 Å². The molecule has 3 aliphatic rings. The van der Waals surface area contributed by atoms with Gasteiger partial charge in [0.1, 0.15) is 18.0 Å². The molecule has 39 heavy (non-hydrogen) atoms. The normalized spacial score (nSPS) is 18.9. The maximum absolute atomic E-state index is 14.1. The van der Waals surface area contributed by atoms with E-state index in [1.807, 2.05) is 0 Å². The molecule has 0 atom stereocenters. The topological polar surface area (TPSA) is 139 Å². The number of ether oxygens (including phenoxy) is 2. The first-order valence-electron chi connectivity index (χ1n) is 12.6. The Morgan fingerprint density at radius 1 is 1.26 bits per heavy atom. The number of halogens is 1. The number of aliphatic hydroxyl groups excluding tert-OH is 1. The highest BCUT2D eigenvalue weighted by Crippen LogP contribution is 2.50. The van der Waals surface area contributed by atoms with Gasteiger partial charge in [0.25, 0.3) is 11.8 Å². The maximum Gasteiger partial charge on any atom is 0.409 e. The van der Waals surface area contributed by atoms with E-state index in [0.29, 0.717) is 22.8 Å². The zero-order valence-corrected chi connectivity index (χ0v) is 21.6. The first-order chi connectivity index (χ1) is 18.8. The Balaban J connectivity index is 1.49. The lowest BCUT2D eigenvalue weighted by molar-refractivity contribution is -0.133. The van der Waals surface area contributed by atoms with Crippen LogP contribution in [-0.2, 0) is 25.6 Å². The van der Waals surface area contributed by atoms with Crippen LogP contribution in [0.5, 0.6) is 0 Å². The molecule has 0 saturated carbocycles. The molecule has 4 heterocycles. The second kappa shape index (κ2) is 10.5. The minimum absolute atomic E-state index is 0.0328. The van der Waals surface area contributed by atoms with Gasteiger partial charge in [-0.15, -0.1) is 0 Å². The van der Waals surface area contributed by atoms with Gasteiger partial charge in [0.05, 0.1) is 31.6 Å². The summed E-state index contributed by atoms with van der Waals surface area (Å²) in [7, 11) is 1.30. The highest BCUT2D eigenvalue weighted by molar-refractivity contribution is 6.07. The van der Waals surface area contributed by atoms with E-state index >= 15 is 0 Å². The van der Waals surface area contributed by atoms with Crippen molar-refractivity contribution in [2.75, 3.05) is 40.0 Å². The highest BCUT2D eigenvalue weighted by atomic mass is 19.1. The summed E-state index contributed by atoms with van der Waals surface area (Å²) in [6, 6.07) is 4.10. The fourth-order valence-corrected chi connectivity index (χ4v) is 5.58. The van der Waals surface area contributed by atoms with Crippen LogP contribution in [0.1, 0.15) is 24.2 Å². The molecule has 5 rings (SSSR count). The molecule has 13 heteroatoms. The molecule has 2 aromatic rings. The number of carbonyl (C=O) groups excluding carboxylic acids is 3. The number of hydrogen-bond acceptors (Lipinski definition) is 8. The summed E-state index contributed by atoms with van der Waals surface area (Å²) < 4.78 is 26.0. The SMILES string of the molecule is COC(=O)N1CCC2(CC1)C1=CCOCCN1C(=O)C(O)=C2C(=O)NCc1ccc(F)cc1-n1ncnc1C. The number of nitrogens with one attached hydrogen (secondary N) is 1. The molecule has 206 valence electrons. The Morgan fingerprint density at radius 3 is 2.72 bits per heavy atom. The van der Waals surface area contributed by atoms with Crippen molar-refractivity contribution in [2.24, 2.45) is 5.41 Å². The van der Waals surface area contributed by atoms with Gasteiger partial charge in [0, 0.05) is 37.3 Å². The van der Waals surface area contributed by atoms with E-state index in [0.717, 1.165) is 0 Å². The molecule has 1 aromatic carbocycles. The summed E-state index contributed by atoms with van der Waals surface area (Å²) >= 11 is 0. The van der Waals surface area contributed by atoms with Gasteiger partial charge in [-0.05, 0) is 43.5 Å². The minimum atomic E-state index is -1.03. The highest BCUT2D eigenvalue weighted by Gasteiger charge is 2.53. The van der Waals surface area contributed by atoms with Crippen molar-refractivity contribution < 1.29 is 33.4 Å². The van der Waals surface area contributed by atoms with E-state index in [2.05, 4.69) is 15.4 Å². The number of piperidine rings is 1. The van der Waals surface area contributed by atoms with Crippen LogP contribution in [0.15, 0.2) is 47.6 Å². The van der Waals surface area contributed by atoms with Gasteiger partial charge >= 0.3 is 6.09 Å².